The molecule has 98 valence electrons. The lowest BCUT2D eigenvalue weighted by Crippen LogP contribution is -2.48. The molecule has 3 unspecified atom stereocenters. The minimum atomic E-state index is -0.310. The summed E-state index contributed by atoms with van der Waals surface area (Å²) in [4.78, 5) is 23.0. The monoisotopic (exact) mass is 258 g/mol. The third kappa shape index (κ3) is 4.36. The molecule has 0 aromatic rings. The molecular weight excluding hydrogens is 235 g/mol. The lowest BCUT2D eigenvalue weighted by Gasteiger charge is -2.29. The Bertz CT molecular complexity index is 265. The fourth-order valence-electron chi connectivity index (χ4n) is 2.23. The zero-order valence-corrected chi connectivity index (χ0v) is 11.8. The van der Waals surface area contributed by atoms with Crippen LogP contribution in [0.15, 0.2) is 0 Å². The Morgan fingerprint density at radius 3 is 2.47 bits per heavy atom. The fourth-order valence-corrected chi connectivity index (χ4v) is 2.36. The van der Waals surface area contributed by atoms with Gasteiger partial charge in [-0.2, -0.15) is 0 Å². The average molecular weight is 258 g/mol. The Kier molecular flexibility index (Phi) is 6.07. The van der Waals surface area contributed by atoms with Gasteiger partial charge in [-0.05, 0) is 32.7 Å². The van der Waals surface area contributed by atoms with Crippen LogP contribution in [0.5, 0.6) is 0 Å². The highest BCUT2D eigenvalue weighted by Crippen LogP contribution is 2.25. The molecule has 3 atom stereocenters. The standard InChI is InChI=1S/C12H23N2O2P/c1-9(14(2)17)12(16)13-11(8-15)10-6-4-3-5-7-10/h8-11H,3-7,17H2,1-2H3,(H,13,16). The van der Waals surface area contributed by atoms with E-state index in [0.717, 1.165) is 19.1 Å². The Morgan fingerprint density at radius 2 is 2.00 bits per heavy atom. The smallest absolute Gasteiger partial charge is 0.237 e. The van der Waals surface area contributed by atoms with Crippen molar-refractivity contribution in [3.8, 4) is 0 Å². The van der Waals surface area contributed by atoms with Gasteiger partial charge in [-0.15, -0.1) is 0 Å². The summed E-state index contributed by atoms with van der Waals surface area (Å²) in [5.41, 5.74) is 0. The predicted octanol–water partition coefficient (Wildman–Crippen LogP) is 1.36. The summed E-state index contributed by atoms with van der Waals surface area (Å²) < 4.78 is 1.76. The van der Waals surface area contributed by atoms with Crippen LogP contribution in [-0.2, 0) is 9.59 Å². The molecule has 1 saturated carbocycles. The minimum absolute atomic E-state index is 0.0785. The van der Waals surface area contributed by atoms with Crippen LogP contribution < -0.4 is 5.32 Å². The normalized spacial score (nSPS) is 20.9. The molecule has 4 nitrogen and oxygen atoms in total. The quantitative estimate of drug-likeness (QED) is 0.598. The predicted molar refractivity (Wildman–Crippen MR) is 71.5 cm³/mol. The van der Waals surface area contributed by atoms with Gasteiger partial charge in [0, 0.05) is 0 Å². The maximum absolute atomic E-state index is 11.9. The van der Waals surface area contributed by atoms with Gasteiger partial charge >= 0.3 is 0 Å². The molecule has 0 heterocycles. The van der Waals surface area contributed by atoms with Crippen LogP contribution in [0.4, 0.5) is 0 Å². The third-order valence-corrected chi connectivity index (χ3v) is 4.05. The Labute approximate surface area is 106 Å². The molecule has 1 aliphatic rings. The first-order chi connectivity index (χ1) is 8.06. The van der Waals surface area contributed by atoms with E-state index in [2.05, 4.69) is 14.7 Å². The van der Waals surface area contributed by atoms with E-state index in [1.54, 1.807) is 4.67 Å². The number of nitrogens with zero attached hydrogens (tertiary/aromatic N) is 1. The first kappa shape index (κ1) is 14.6. The molecule has 0 radical (unpaired) electrons. The van der Waals surface area contributed by atoms with Crippen molar-refractivity contribution in [1.29, 1.82) is 0 Å². The maximum atomic E-state index is 11.9. The molecule has 0 aliphatic heterocycles. The lowest BCUT2D eigenvalue weighted by atomic mass is 9.84. The second-order valence-corrected chi connectivity index (χ2v) is 5.72. The van der Waals surface area contributed by atoms with Crippen LogP contribution in [0.3, 0.4) is 0 Å². The van der Waals surface area contributed by atoms with Gasteiger partial charge in [-0.25, -0.2) is 0 Å². The second kappa shape index (κ2) is 7.07. The highest BCUT2D eigenvalue weighted by atomic mass is 31.0. The number of rotatable bonds is 5. The zero-order valence-electron chi connectivity index (χ0n) is 10.7. The van der Waals surface area contributed by atoms with Gasteiger partial charge in [0.2, 0.25) is 5.91 Å². The first-order valence-corrected chi connectivity index (χ1v) is 6.81. The van der Waals surface area contributed by atoms with Gasteiger partial charge in [0.1, 0.15) is 6.29 Å². The van der Waals surface area contributed by atoms with Gasteiger partial charge in [0.15, 0.2) is 0 Å². The van der Waals surface area contributed by atoms with Crippen LogP contribution in [0.2, 0.25) is 0 Å². The average Bonchev–Trinajstić information content (AvgIpc) is 2.35. The Balaban J connectivity index is 2.50. The van der Waals surface area contributed by atoms with Crippen LogP contribution in [-0.4, -0.2) is 36.0 Å². The summed E-state index contributed by atoms with van der Waals surface area (Å²) in [5.74, 6) is 0.248. The molecule has 5 heteroatoms. The van der Waals surface area contributed by atoms with Gasteiger partial charge in [0.05, 0.1) is 12.1 Å². The van der Waals surface area contributed by atoms with E-state index in [0.29, 0.717) is 5.92 Å². The van der Waals surface area contributed by atoms with Crippen molar-refractivity contribution in [1.82, 2.24) is 9.99 Å². The number of aldehydes is 1. The number of likely N-dealkylation sites (N-methyl/N-ethyl adjacent to an activating group) is 1. The summed E-state index contributed by atoms with van der Waals surface area (Å²) in [5, 5.41) is 2.86. The van der Waals surface area contributed by atoms with Crippen LogP contribution in [0.25, 0.3) is 0 Å². The third-order valence-electron chi connectivity index (χ3n) is 3.60. The van der Waals surface area contributed by atoms with E-state index in [-0.39, 0.29) is 18.0 Å². The van der Waals surface area contributed by atoms with Crippen molar-refractivity contribution in [2.75, 3.05) is 7.05 Å². The van der Waals surface area contributed by atoms with Gasteiger partial charge in [0.25, 0.3) is 0 Å². The molecule has 17 heavy (non-hydrogen) atoms. The summed E-state index contributed by atoms with van der Waals surface area (Å²) in [6.45, 7) is 1.82. The van der Waals surface area contributed by atoms with E-state index in [1.807, 2.05) is 14.0 Å². The maximum Gasteiger partial charge on any atom is 0.237 e. The molecule has 1 aliphatic carbocycles. The van der Waals surface area contributed by atoms with Gasteiger partial charge < -0.3 is 10.1 Å². The van der Waals surface area contributed by atoms with Crippen LogP contribution in [0, 0.1) is 5.92 Å². The second-order valence-electron chi connectivity index (χ2n) is 4.91. The van der Waals surface area contributed by atoms with Crippen LogP contribution in [0.1, 0.15) is 39.0 Å². The number of carbonyl (C=O) groups is 2. The number of hydrogen-bond donors (Lipinski definition) is 1. The summed E-state index contributed by atoms with van der Waals surface area (Å²) in [6.07, 6.45) is 6.58. The van der Waals surface area contributed by atoms with Crippen molar-refractivity contribution >= 4 is 21.6 Å². The van der Waals surface area contributed by atoms with Crippen molar-refractivity contribution in [3.63, 3.8) is 0 Å². The Hall–Kier alpha value is -0.470. The fraction of sp³-hybridized carbons (Fsp3) is 0.833. The number of hydrogen-bond acceptors (Lipinski definition) is 3. The van der Waals surface area contributed by atoms with Crippen molar-refractivity contribution in [2.45, 2.75) is 51.1 Å². The van der Waals surface area contributed by atoms with E-state index < -0.39 is 0 Å². The molecule has 0 aromatic carbocycles. The van der Waals surface area contributed by atoms with Gasteiger partial charge in [-0.1, -0.05) is 28.7 Å². The number of nitrogens with one attached hydrogen (secondary N) is 1. The first-order valence-electron chi connectivity index (χ1n) is 6.29. The molecule has 0 bridgehead atoms. The van der Waals surface area contributed by atoms with Crippen molar-refractivity contribution in [3.05, 3.63) is 0 Å². The molecular formula is C12H23N2O2P. The molecule has 1 rings (SSSR count). The number of carbonyl (C=O) groups excluding carboxylic acids is 2. The largest absolute Gasteiger partial charge is 0.345 e. The van der Waals surface area contributed by atoms with E-state index >= 15 is 0 Å². The van der Waals surface area contributed by atoms with E-state index in [4.69, 9.17) is 0 Å². The topological polar surface area (TPSA) is 49.4 Å². The molecule has 0 saturated heterocycles. The highest BCUT2D eigenvalue weighted by Gasteiger charge is 2.26. The zero-order chi connectivity index (χ0) is 12.8. The highest BCUT2D eigenvalue weighted by molar-refractivity contribution is 7.13. The van der Waals surface area contributed by atoms with E-state index in [1.165, 1.54) is 19.3 Å². The van der Waals surface area contributed by atoms with E-state index in [9.17, 15) is 9.59 Å². The number of amides is 1. The molecule has 0 spiro atoms. The lowest BCUT2D eigenvalue weighted by molar-refractivity contribution is -0.127. The van der Waals surface area contributed by atoms with Crippen molar-refractivity contribution in [2.24, 2.45) is 5.92 Å². The molecule has 1 N–H and O–H groups in total. The molecule has 0 aromatic heterocycles. The minimum Gasteiger partial charge on any atom is -0.345 e. The van der Waals surface area contributed by atoms with Gasteiger partial charge in [-0.3, -0.25) is 9.46 Å². The Morgan fingerprint density at radius 1 is 1.41 bits per heavy atom. The summed E-state index contributed by atoms with van der Waals surface area (Å²) in [6, 6.07) is -0.541. The van der Waals surface area contributed by atoms with Crippen LogP contribution >= 0.6 is 9.39 Å². The summed E-state index contributed by atoms with van der Waals surface area (Å²) in [7, 11) is 4.30. The SMILES string of the molecule is CC(C(=O)NC(C=O)C1CCCCC1)N(C)P. The summed E-state index contributed by atoms with van der Waals surface area (Å²) >= 11 is 0. The van der Waals surface area contributed by atoms with Crippen molar-refractivity contribution < 1.29 is 9.59 Å². The molecule has 1 amide bonds. The molecule has 1 fully saturated rings.